The first-order valence-corrected chi connectivity index (χ1v) is 10.4. The average molecular weight is 577 g/mol. The summed E-state index contributed by atoms with van der Waals surface area (Å²) in [6.45, 7) is -0.508. The monoisotopic (exact) mass is 576 g/mol. The Balaban J connectivity index is 1.90. The number of nitrogens with one attached hydrogen (secondary N) is 1. The summed E-state index contributed by atoms with van der Waals surface area (Å²) >= 11 is 6.60. The van der Waals surface area contributed by atoms with Gasteiger partial charge in [0.2, 0.25) is 0 Å². The largest absolute Gasteiger partial charge is 0.480 e. The van der Waals surface area contributed by atoms with Crippen LogP contribution in [0.5, 0.6) is 5.75 Å². The van der Waals surface area contributed by atoms with Gasteiger partial charge in [-0.2, -0.15) is 0 Å². The summed E-state index contributed by atoms with van der Waals surface area (Å²) in [5.74, 6) is -1.49. The van der Waals surface area contributed by atoms with Crippen molar-refractivity contribution in [1.82, 2.24) is 5.32 Å². The van der Waals surface area contributed by atoms with Crippen LogP contribution in [0.25, 0.3) is 6.08 Å². The van der Waals surface area contributed by atoms with Crippen molar-refractivity contribution in [3.63, 3.8) is 0 Å². The van der Waals surface area contributed by atoms with Crippen molar-refractivity contribution in [2.75, 3.05) is 6.61 Å². The zero-order valence-electron chi connectivity index (χ0n) is 13.9. The third-order valence-electron chi connectivity index (χ3n) is 3.37. The molecule has 0 aliphatic carbocycles. The molecule has 28 heavy (non-hydrogen) atoms. The molecule has 1 saturated heterocycles. The lowest BCUT2D eigenvalue weighted by Crippen LogP contribution is -2.19. The molecule has 0 aromatic heterocycles. The average Bonchev–Trinajstić information content (AvgIpc) is 2.95. The highest BCUT2D eigenvalue weighted by Gasteiger charge is 2.25. The van der Waals surface area contributed by atoms with Crippen molar-refractivity contribution in [3.05, 3.63) is 60.7 Å². The van der Waals surface area contributed by atoms with Gasteiger partial charge in [0.05, 0.1) is 15.1 Å². The van der Waals surface area contributed by atoms with Gasteiger partial charge in [-0.25, -0.2) is 14.2 Å². The number of rotatable bonds is 5. The minimum absolute atomic E-state index is 0.327. The van der Waals surface area contributed by atoms with Crippen LogP contribution < -0.4 is 10.1 Å². The number of benzene rings is 2. The number of aliphatic carboxylic acids is 1. The number of amidine groups is 1. The van der Waals surface area contributed by atoms with Crippen LogP contribution in [0.4, 0.5) is 10.1 Å². The number of hydrogen-bond acceptors (Lipinski definition) is 5. The van der Waals surface area contributed by atoms with Crippen LogP contribution in [-0.2, 0) is 9.59 Å². The first-order chi connectivity index (χ1) is 13.3. The molecule has 2 aromatic carbocycles. The molecule has 0 unspecified atom stereocenters. The second-order valence-electron chi connectivity index (χ2n) is 5.45. The van der Waals surface area contributed by atoms with Crippen LogP contribution in [0, 0.1) is 9.39 Å². The lowest BCUT2D eigenvalue weighted by molar-refractivity contribution is -0.139. The maximum absolute atomic E-state index is 13.0. The van der Waals surface area contributed by atoms with Gasteiger partial charge in [0.15, 0.2) is 11.8 Å². The maximum atomic E-state index is 13.0. The van der Waals surface area contributed by atoms with E-state index in [2.05, 4.69) is 48.8 Å². The fourth-order valence-electron chi connectivity index (χ4n) is 2.23. The smallest absolute Gasteiger partial charge is 0.341 e. The molecule has 6 nitrogen and oxygen atoms in total. The standard InChI is InChI=1S/C18H11BrFIN2O4S/c19-13-7-11(21)5-9(16(13)27-8-15(24)25)6-14-17(26)23-18(28-14)22-12-3-1-10(20)2-4-12/h1-7H,8H2,(H,24,25)(H,22,23,26)/b14-6+. The molecule has 144 valence electrons. The Morgan fingerprint density at radius 2 is 2.07 bits per heavy atom. The number of carboxylic acid groups (broad SMARTS) is 1. The zero-order chi connectivity index (χ0) is 20.3. The van der Waals surface area contributed by atoms with Crippen molar-refractivity contribution in [2.45, 2.75) is 0 Å². The Kier molecular flexibility index (Phi) is 6.73. The van der Waals surface area contributed by atoms with E-state index in [9.17, 15) is 14.0 Å². The fraction of sp³-hybridized carbons (Fsp3) is 0.0556. The van der Waals surface area contributed by atoms with Gasteiger partial charge in [-0.3, -0.25) is 4.79 Å². The molecule has 0 spiro atoms. The highest BCUT2D eigenvalue weighted by molar-refractivity contribution is 14.1. The predicted molar refractivity (Wildman–Crippen MR) is 117 cm³/mol. The minimum atomic E-state index is -1.11. The third kappa shape index (κ3) is 5.32. The van der Waals surface area contributed by atoms with Crippen molar-refractivity contribution < 1.29 is 23.8 Å². The molecule has 0 saturated carbocycles. The summed E-state index contributed by atoms with van der Waals surface area (Å²) in [6, 6.07) is 9.14. The fourth-order valence-corrected chi connectivity index (χ4v) is 4.73. The summed E-state index contributed by atoms with van der Waals surface area (Å²) in [7, 11) is 0. The summed E-state index contributed by atoms with van der Waals surface area (Å²) < 4.78 is 19.8. The molecule has 2 aromatic rings. The van der Waals surface area contributed by atoms with E-state index in [1.165, 1.54) is 24.3 Å². The number of nitrogens with zero attached hydrogens (tertiary/aromatic N) is 1. The molecule has 1 aliphatic rings. The number of amides is 1. The number of halogens is 3. The topological polar surface area (TPSA) is 88.0 Å². The van der Waals surface area contributed by atoms with Gasteiger partial charge in [0.25, 0.3) is 5.91 Å². The van der Waals surface area contributed by atoms with Gasteiger partial charge in [-0.15, -0.1) is 0 Å². The van der Waals surface area contributed by atoms with Crippen LogP contribution in [0.3, 0.4) is 0 Å². The van der Waals surface area contributed by atoms with Crippen LogP contribution >= 0.6 is 50.3 Å². The second-order valence-corrected chi connectivity index (χ2v) is 8.58. The molecule has 2 N–H and O–H groups in total. The van der Waals surface area contributed by atoms with Crippen LogP contribution in [-0.4, -0.2) is 28.8 Å². The highest BCUT2D eigenvalue weighted by atomic mass is 127. The Hall–Kier alpha value is -1.92. The first kappa shape index (κ1) is 20.8. The Morgan fingerprint density at radius 1 is 1.36 bits per heavy atom. The van der Waals surface area contributed by atoms with Gasteiger partial charge < -0.3 is 15.2 Å². The Bertz CT molecular complexity index is 1010. The van der Waals surface area contributed by atoms with Crippen LogP contribution in [0.2, 0.25) is 0 Å². The zero-order valence-corrected chi connectivity index (χ0v) is 18.5. The molecule has 3 rings (SSSR count). The van der Waals surface area contributed by atoms with Crippen LogP contribution in [0.15, 0.2) is 50.8 Å². The molecule has 10 heteroatoms. The number of ether oxygens (including phenoxy) is 1. The third-order valence-corrected chi connectivity index (χ3v) is 5.49. The Labute approximate surface area is 185 Å². The molecule has 0 radical (unpaired) electrons. The summed E-state index contributed by atoms with van der Waals surface area (Å²) in [4.78, 5) is 27.8. The van der Waals surface area contributed by atoms with E-state index in [0.717, 1.165) is 15.3 Å². The lowest BCUT2D eigenvalue weighted by Gasteiger charge is -2.10. The molecule has 0 atom stereocenters. The molecular formula is C18H11BrFIN2O4S. The predicted octanol–water partition coefficient (Wildman–Crippen LogP) is 4.55. The minimum Gasteiger partial charge on any atom is -0.480 e. The normalized spacial score (nSPS) is 16.5. The summed E-state index contributed by atoms with van der Waals surface area (Å²) in [5, 5.41) is 11.9. The number of carboxylic acids is 1. The van der Waals surface area contributed by atoms with Crippen molar-refractivity contribution in [2.24, 2.45) is 4.99 Å². The van der Waals surface area contributed by atoms with Crippen molar-refractivity contribution >= 4 is 79.1 Å². The highest BCUT2D eigenvalue weighted by Crippen LogP contribution is 2.36. The van der Waals surface area contributed by atoms with E-state index in [1.807, 2.05) is 0 Å². The van der Waals surface area contributed by atoms with Gasteiger partial charge in [-0.05, 0) is 92.8 Å². The van der Waals surface area contributed by atoms with E-state index in [4.69, 9.17) is 9.84 Å². The molecule has 1 aliphatic heterocycles. The molecule has 1 amide bonds. The van der Waals surface area contributed by atoms with E-state index in [0.29, 0.717) is 31.5 Å². The van der Waals surface area contributed by atoms with E-state index < -0.39 is 12.6 Å². The van der Waals surface area contributed by atoms with Gasteiger partial charge in [0, 0.05) is 9.13 Å². The van der Waals surface area contributed by atoms with Gasteiger partial charge >= 0.3 is 5.97 Å². The van der Waals surface area contributed by atoms with E-state index in [-0.39, 0.29) is 11.7 Å². The van der Waals surface area contributed by atoms with E-state index in [1.54, 1.807) is 18.2 Å². The molecule has 1 fully saturated rings. The number of thioether (sulfide) groups is 1. The van der Waals surface area contributed by atoms with Gasteiger partial charge in [-0.1, -0.05) is 0 Å². The number of aliphatic imine (C=N–C) groups is 1. The van der Waals surface area contributed by atoms with Crippen molar-refractivity contribution in [1.29, 1.82) is 0 Å². The first-order valence-electron chi connectivity index (χ1n) is 7.70. The number of carbonyl (C=O) groups is 2. The Morgan fingerprint density at radius 3 is 2.75 bits per heavy atom. The van der Waals surface area contributed by atoms with Crippen molar-refractivity contribution in [3.8, 4) is 5.75 Å². The summed E-state index contributed by atoms with van der Waals surface area (Å²) in [5.41, 5.74) is 1.06. The SMILES string of the molecule is O=C(O)COc1c(Br)cc(I)cc1/C=C1/SC(=Nc2ccc(F)cc2)NC1=O. The summed E-state index contributed by atoms with van der Waals surface area (Å²) in [6.07, 6.45) is 1.61. The molecule has 1 heterocycles. The van der Waals surface area contributed by atoms with E-state index >= 15 is 0 Å². The number of carbonyl (C=O) groups excluding carboxylic acids is 1. The number of hydrogen-bond donors (Lipinski definition) is 2. The second kappa shape index (κ2) is 9.05. The molecule has 0 bridgehead atoms. The maximum Gasteiger partial charge on any atom is 0.341 e. The van der Waals surface area contributed by atoms with Crippen LogP contribution in [0.1, 0.15) is 5.56 Å². The lowest BCUT2D eigenvalue weighted by atomic mass is 10.2. The quantitative estimate of drug-likeness (QED) is 0.403. The molecular weight excluding hydrogens is 566 g/mol. The van der Waals surface area contributed by atoms with Gasteiger partial charge in [0.1, 0.15) is 11.6 Å².